The largest absolute Gasteiger partial charge is 0.323 e. The second-order valence-corrected chi connectivity index (χ2v) is 9.30. The molecular formula is C25H27FN6O. The Hall–Kier alpha value is -3.55. The van der Waals surface area contributed by atoms with Gasteiger partial charge in [-0.3, -0.25) is 19.6 Å². The number of pyridine rings is 1. The zero-order chi connectivity index (χ0) is 23.2. The quantitative estimate of drug-likeness (QED) is 0.424. The van der Waals surface area contributed by atoms with E-state index in [1.54, 1.807) is 23.3 Å². The van der Waals surface area contributed by atoms with Gasteiger partial charge in [-0.25, -0.2) is 4.39 Å². The van der Waals surface area contributed by atoms with Gasteiger partial charge in [-0.05, 0) is 49.8 Å². The van der Waals surface area contributed by atoms with Crippen LogP contribution in [-0.2, 0) is 17.8 Å². The van der Waals surface area contributed by atoms with E-state index in [4.69, 9.17) is 0 Å². The van der Waals surface area contributed by atoms with Gasteiger partial charge < -0.3 is 5.32 Å². The van der Waals surface area contributed by atoms with E-state index in [-0.39, 0.29) is 24.3 Å². The fraction of sp³-hybridized carbons (Fsp3) is 0.360. The van der Waals surface area contributed by atoms with E-state index in [0.29, 0.717) is 17.1 Å². The first-order valence-corrected chi connectivity index (χ1v) is 11.3. The average Bonchev–Trinajstić information content (AvgIpc) is 3.31. The van der Waals surface area contributed by atoms with Crippen LogP contribution < -0.4 is 5.32 Å². The Morgan fingerprint density at radius 2 is 2.09 bits per heavy atom. The molecule has 0 unspecified atom stereocenters. The summed E-state index contributed by atoms with van der Waals surface area (Å²) in [4.78, 5) is 17.5. The molecule has 170 valence electrons. The van der Waals surface area contributed by atoms with Gasteiger partial charge in [0.05, 0.1) is 35.8 Å². The highest BCUT2D eigenvalue weighted by Gasteiger charge is 2.44. The van der Waals surface area contributed by atoms with Crippen molar-refractivity contribution in [3.63, 3.8) is 0 Å². The van der Waals surface area contributed by atoms with Crippen molar-refractivity contribution >= 4 is 22.5 Å². The number of nitrogens with zero attached hydrogens (tertiary/aromatic N) is 4. The van der Waals surface area contributed by atoms with Crippen LogP contribution in [0.3, 0.4) is 0 Å². The number of nitrogens with one attached hydrogen (secondary N) is 2. The van der Waals surface area contributed by atoms with Gasteiger partial charge in [-0.2, -0.15) is 10.2 Å². The predicted molar refractivity (Wildman–Crippen MR) is 126 cm³/mol. The Bertz CT molecular complexity index is 1320. The van der Waals surface area contributed by atoms with Crippen LogP contribution in [0.25, 0.3) is 22.3 Å². The first-order valence-electron chi connectivity index (χ1n) is 11.3. The summed E-state index contributed by atoms with van der Waals surface area (Å²) in [5.41, 5.74) is 3.75. The molecule has 1 amide bonds. The molecule has 0 aliphatic heterocycles. The van der Waals surface area contributed by atoms with Crippen molar-refractivity contribution in [3.05, 3.63) is 60.0 Å². The number of aromatic nitrogens is 5. The Kier molecular flexibility index (Phi) is 5.23. The average molecular weight is 447 g/mol. The number of carbonyl (C=O) groups is 1. The molecule has 1 fully saturated rings. The molecule has 3 heterocycles. The molecule has 8 heteroatoms. The van der Waals surface area contributed by atoms with Gasteiger partial charge in [0.15, 0.2) is 0 Å². The zero-order valence-electron chi connectivity index (χ0n) is 19.0. The van der Waals surface area contributed by atoms with Crippen molar-refractivity contribution < 1.29 is 9.18 Å². The number of hydrogen-bond acceptors (Lipinski definition) is 4. The van der Waals surface area contributed by atoms with Gasteiger partial charge in [0, 0.05) is 17.5 Å². The number of amides is 1. The van der Waals surface area contributed by atoms with Crippen LogP contribution in [0.2, 0.25) is 0 Å². The number of H-pyrrole nitrogens is 1. The minimum atomic E-state index is -1.40. The van der Waals surface area contributed by atoms with Crippen LogP contribution in [0.1, 0.15) is 44.2 Å². The van der Waals surface area contributed by atoms with Gasteiger partial charge in [0.25, 0.3) is 0 Å². The lowest BCUT2D eigenvalue weighted by Crippen LogP contribution is -2.21. The van der Waals surface area contributed by atoms with Gasteiger partial charge in [0.2, 0.25) is 5.91 Å². The lowest BCUT2D eigenvalue weighted by molar-refractivity contribution is -0.117. The number of alkyl halides is 1. The van der Waals surface area contributed by atoms with Crippen molar-refractivity contribution in [2.24, 2.45) is 5.92 Å². The van der Waals surface area contributed by atoms with Crippen molar-refractivity contribution in [2.75, 3.05) is 5.32 Å². The normalized spacial score (nSPS) is 17.9. The number of halogens is 1. The molecule has 3 aromatic heterocycles. The molecule has 1 aliphatic rings. The maximum atomic E-state index is 14.2. The van der Waals surface area contributed by atoms with Crippen molar-refractivity contribution in [1.29, 1.82) is 0 Å². The van der Waals surface area contributed by atoms with Crippen LogP contribution in [-0.4, -0.2) is 36.5 Å². The molecule has 1 aromatic carbocycles. The first kappa shape index (κ1) is 21.3. The SMILES string of the molecule is CCc1ccccc1[C@H]1C[C@H]1C(=O)Nc1cn[nH]c1-c1cc2c(cn1)cnn2CC(C)(C)F. The topological polar surface area (TPSA) is 88.5 Å². The number of aromatic amines is 1. The van der Waals surface area contributed by atoms with E-state index in [9.17, 15) is 9.18 Å². The van der Waals surface area contributed by atoms with E-state index < -0.39 is 5.67 Å². The molecule has 33 heavy (non-hydrogen) atoms. The third-order valence-corrected chi connectivity index (χ3v) is 6.17. The number of benzene rings is 1. The molecular weight excluding hydrogens is 419 g/mol. The van der Waals surface area contributed by atoms with Gasteiger partial charge >= 0.3 is 0 Å². The standard InChI is InChI=1S/C25H27FN6O/c1-4-15-7-5-6-8-17(15)18-9-19(18)24(33)30-21-13-28-31-23(21)20-10-22-16(11-27-20)12-29-32(22)14-25(2,3)26/h5-8,10-13,18-19H,4,9,14H2,1-3H3,(H,28,31)(H,30,33)/t18-,19-/m1/s1. The number of fused-ring (bicyclic) bond motifs is 1. The molecule has 2 atom stereocenters. The molecule has 1 saturated carbocycles. The summed E-state index contributed by atoms with van der Waals surface area (Å²) in [5, 5.41) is 15.2. The van der Waals surface area contributed by atoms with Crippen LogP contribution in [0, 0.1) is 5.92 Å². The van der Waals surface area contributed by atoms with Crippen molar-refractivity contribution in [3.8, 4) is 11.4 Å². The van der Waals surface area contributed by atoms with Gasteiger partial charge in [0.1, 0.15) is 11.4 Å². The number of carbonyl (C=O) groups excluding carboxylic acids is 1. The number of rotatable bonds is 7. The van der Waals surface area contributed by atoms with E-state index in [1.807, 2.05) is 18.2 Å². The Labute approximate surface area is 191 Å². The van der Waals surface area contributed by atoms with Crippen molar-refractivity contribution in [2.45, 2.75) is 51.7 Å². The summed E-state index contributed by atoms with van der Waals surface area (Å²) in [6, 6.07) is 10.2. The number of hydrogen-bond donors (Lipinski definition) is 2. The van der Waals surface area contributed by atoms with Gasteiger partial charge in [-0.1, -0.05) is 31.2 Å². The minimum absolute atomic E-state index is 0.0149. The van der Waals surface area contributed by atoms with Crippen LogP contribution >= 0.6 is 0 Å². The highest BCUT2D eigenvalue weighted by molar-refractivity contribution is 5.98. The summed E-state index contributed by atoms with van der Waals surface area (Å²) in [5.74, 6) is 0.187. The lowest BCUT2D eigenvalue weighted by atomic mass is 10.00. The smallest absolute Gasteiger partial charge is 0.228 e. The van der Waals surface area contributed by atoms with Crippen LogP contribution in [0.5, 0.6) is 0 Å². The summed E-state index contributed by atoms with van der Waals surface area (Å²) in [6.07, 6.45) is 6.77. The van der Waals surface area contributed by atoms with E-state index in [0.717, 1.165) is 23.7 Å². The third kappa shape index (κ3) is 4.25. The molecule has 0 saturated heterocycles. The molecule has 5 rings (SSSR count). The second-order valence-electron chi connectivity index (χ2n) is 9.30. The molecule has 2 N–H and O–H groups in total. The lowest BCUT2D eigenvalue weighted by Gasteiger charge is -2.14. The maximum Gasteiger partial charge on any atom is 0.228 e. The highest BCUT2D eigenvalue weighted by Crippen LogP contribution is 2.49. The fourth-order valence-electron chi connectivity index (χ4n) is 4.44. The number of aryl methyl sites for hydroxylation is 1. The molecule has 0 spiro atoms. The Morgan fingerprint density at radius 3 is 2.88 bits per heavy atom. The van der Waals surface area contributed by atoms with E-state index in [2.05, 4.69) is 44.7 Å². The monoisotopic (exact) mass is 446 g/mol. The van der Waals surface area contributed by atoms with E-state index in [1.165, 1.54) is 25.0 Å². The maximum absolute atomic E-state index is 14.2. The summed E-state index contributed by atoms with van der Waals surface area (Å²) >= 11 is 0. The highest BCUT2D eigenvalue weighted by atomic mass is 19.1. The minimum Gasteiger partial charge on any atom is -0.323 e. The predicted octanol–water partition coefficient (Wildman–Crippen LogP) is 4.87. The van der Waals surface area contributed by atoms with Crippen molar-refractivity contribution in [1.82, 2.24) is 25.0 Å². The molecule has 7 nitrogen and oxygen atoms in total. The molecule has 0 bridgehead atoms. The fourth-order valence-corrected chi connectivity index (χ4v) is 4.44. The van der Waals surface area contributed by atoms with Gasteiger partial charge in [-0.15, -0.1) is 0 Å². The zero-order valence-corrected chi connectivity index (χ0v) is 19.0. The second kappa shape index (κ2) is 8.10. The van der Waals surface area contributed by atoms with E-state index >= 15 is 0 Å². The Balaban J connectivity index is 1.36. The third-order valence-electron chi connectivity index (χ3n) is 6.17. The summed E-state index contributed by atoms with van der Waals surface area (Å²) in [7, 11) is 0. The Morgan fingerprint density at radius 1 is 1.27 bits per heavy atom. The van der Waals surface area contributed by atoms with Crippen LogP contribution in [0.4, 0.5) is 10.1 Å². The number of anilines is 1. The molecule has 4 aromatic rings. The summed E-state index contributed by atoms with van der Waals surface area (Å²) < 4.78 is 15.8. The molecule has 0 radical (unpaired) electrons. The van der Waals surface area contributed by atoms with Crippen LogP contribution in [0.15, 0.2) is 48.9 Å². The summed E-state index contributed by atoms with van der Waals surface area (Å²) in [6.45, 7) is 5.32. The molecule has 1 aliphatic carbocycles. The first-order chi connectivity index (χ1) is 15.8.